The van der Waals surface area contributed by atoms with E-state index < -0.39 is 0 Å². The Labute approximate surface area is 170 Å². The molecule has 0 radical (unpaired) electrons. The third-order valence-corrected chi connectivity index (χ3v) is 5.54. The van der Waals surface area contributed by atoms with Gasteiger partial charge in [0.1, 0.15) is 22.9 Å². The summed E-state index contributed by atoms with van der Waals surface area (Å²) in [6, 6.07) is 5.98. The number of imidazole rings is 1. The molecule has 1 saturated heterocycles. The lowest BCUT2D eigenvalue weighted by molar-refractivity contribution is -0.120. The van der Waals surface area contributed by atoms with Gasteiger partial charge < -0.3 is 9.47 Å². The highest BCUT2D eigenvalue weighted by atomic mass is 16.1. The van der Waals surface area contributed by atoms with Gasteiger partial charge in [-0.2, -0.15) is 5.26 Å². The lowest BCUT2D eigenvalue weighted by Crippen LogP contribution is -2.40. The Morgan fingerprint density at radius 2 is 2.03 bits per heavy atom. The van der Waals surface area contributed by atoms with E-state index in [1.54, 1.807) is 24.9 Å². The van der Waals surface area contributed by atoms with Gasteiger partial charge in [0.15, 0.2) is 0 Å². The summed E-state index contributed by atoms with van der Waals surface area (Å²) in [5.74, 6) is 1.09. The molecule has 0 amide bonds. The Balaban J connectivity index is 1.49. The van der Waals surface area contributed by atoms with Crippen LogP contribution < -0.4 is 4.90 Å². The SMILES string of the molecule is C[C@H]1C[C@@H](CC(=O)CCn2ccnc2)CN(c2ccc(C#N)c3nccnc23)C1. The number of carbonyl (C=O) groups excluding carboxylic acids is 1. The van der Waals surface area contributed by atoms with Crippen LogP contribution in [0.25, 0.3) is 11.0 Å². The molecule has 7 nitrogen and oxygen atoms in total. The zero-order valence-corrected chi connectivity index (χ0v) is 16.5. The smallest absolute Gasteiger partial charge is 0.135 e. The summed E-state index contributed by atoms with van der Waals surface area (Å²) in [7, 11) is 0. The van der Waals surface area contributed by atoms with E-state index >= 15 is 0 Å². The number of rotatable bonds is 6. The Bertz CT molecular complexity index is 1040. The number of hydrogen-bond donors (Lipinski definition) is 0. The number of piperidine rings is 1. The Morgan fingerprint density at radius 1 is 1.21 bits per heavy atom. The van der Waals surface area contributed by atoms with Gasteiger partial charge in [-0.25, -0.2) is 4.98 Å². The van der Waals surface area contributed by atoms with Crippen LogP contribution in [0.4, 0.5) is 5.69 Å². The number of hydrogen-bond acceptors (Lipinski definition) is 6. The van der Waals surface area contributed by atoms with Crippen molar-refractivity contribution >= 4 is 22.5 Å². The van der Waals surface area contributed by atoms with Gasteiger partial charge >= 0.3 is 0 Å². The molecule has 2 atom stereocenters. The molecule has 0 spiro atoms. The molecule has 1 aliphatic heterocycles. The van der Waals surface area contributed by atoms with Crippen LogP contribution in [0.5, 0.6) is 0 Å². The van der Waals surface area contributed by atoms with E-state index in [-0.39, 0.29) is 0 Å². The summed E-state index contributed by atoms with van der Waals surface area (Å²) in [5.41, 5.74) is 2.92. The number of nitriles is 1. The van der Waals surface area contributed by atoms with Crippen LogP contribution in [-0.4, -0.2) is 38.4 Å². The molecule has 0 aliphatic carbocycles. The van der Waals surface area contributed by atoms with Crippen molar-refractivity contribution in [2.45, 2.75) is 32.7 Å². The molecule has 4 rings (SSSR count). The molecular weight excluding hydrogens is 364 g/mol. The number of ketones is 1. The average molecular weight is 388 g/mol. The maximum Gasteiger partial charge on any atom is 0.135 e. The van der Waals surface area contributed by atoms with Gasteiger partial charge in [0.2, 0.25) is 0 Å². The first-order chi connectivity index (χ1) is 14.1. The summed E-state index contributed by atoms with van der Waals surface area (Å²) >= 11 is 0. The molecule has 148 valence electrons. The van der Waals surface area contributed by atoms with Crippen molar-refractivity contribution < 1.29 is 4.79 Å². The van der Waals surface area contributed by atoms with Crippen molar-refractivity contribution in [2.24, 2.45) is 11.8 Å². The first kappa shape index (κ1) is 19.1. The van der Waals surface area contributed by atoms with Gasteiger partial charge in [0, 0.05) is 57.3 Å². The average Bonchev–Trinajstić information content (AvgIpc) is 3.24. The summed E-state index contributed by atoms with van der Waals surface area (Å²) in [5, 5.41) is 9.36. The Hall–Kier alpha value is -3.27. The van der Waals surface area contributed by atoms with Gasteiger partial charge in [0.05, 0.1) is 17.6 Å². The second-order valence-corrected chi connectivity index (χ2v) is 7.90. The number of aryl methyl sites for hydroxylation is 1. The number of carbonyl (C=O) groups is 1. The van der Waals surface area contributed by atoms with E-state index in [4.69, 9.17) is 0 Å². The maximum atomic E-state index is 12.5. The third kappa shape index (κ3) is 4.27. The highest BCUT2D eigenvalue weighted by Crippen LogP contribution is 2.32. The van der Waals surface area contributed by atoms with Crippen molar-refractivity contribution in [1.82, 2.24) is 19.5 Å². The van der Waals surface area contributed by atoms with Crippen LogP contribution in [0.3, 0.4) is 0 Å². The van der Waals surface area contributed by atoms with E-state index in [0.29, 0.717) is 48.1 Å². The molecule has 0 unspecified atom stereocenters. The van der Waals surface area contributed by atoms with Crippen molar-refractivity contribution in [2.75, 3.05) is 18.0 Å². The van der Waals surface area contributed by atoms with E-state index in [1.165, 1.54) is 0 Å². The summed E-state index contributed by atoms with van der Waals surface area (Å²) in [4.78, 5) is 27.7. The van der Waals surface area contributed by atoms with Gasteiger partial charge in [-0.05, 0) is 30.4 Å². The minimum Gasteiger partial charge on any atom is -0.369 e. The highest BCUT2D eigenvalue weighted by molar-refractivity contribution is 5.92. The fourth-order valence-electron chi connectivity index (χ4n) is 4.31. The fourth-order valence-corrected chi connectivity index (χ4v) is 4.31. The molecule has 3 heterocycles. The molecule has 2 aromatic heterocycles. The molecule has 3 aromatic rings. The third-order valence-electron chi connectivity index (χ3n) is 5.54. The number of nitrogens with zero attached hydrogens (tertiary/aromatic N) is 6. The van der Waals surface area contributed by atoms with Gasteiger partial charge in [-0.1, -0.05) is 6.92 Å². The predicted octanol–water partition coefficient (Wildman–Crippen LogP) is 3.21. The number of aromatic nitrogens is 4. The van der Waals surface area contributed by atoms with Gasteiger partial charge in [0.25, 0.3) is 0 Å². The second-order valence-electron chi connectivity index (χ2n) is 7.90. The standard InChI is InChI=1S/C22H24N6O/c1-16-10-17(11-19(29)4-8-27-9-7-24-15-27)14-28(13-16)20-3-2-18(12-23)21-22(20)26-6-5-25-21/h2-3,5-7,9,15-17H,4,8,10-11,13-14H2,1H3/t16-,17-/m0/s1. The fraction of sp³-hybridized carbons (Fsp3) is 0.409. The monoisotopic (exact) mass is 388 g/mol. The van der Waals surface area contributed by atoms with Crippen LogP contribution in [0, 0.1) is 23.2 Å². The van der Waals surface area contributed by atoms with Crippen LogP contribution in [0.1, 0.15) is 31.7 Å². The zero-order chi connectivity index (χ0) is 20.2. The number of fused-ring (bicyclic) bond motifs is 1. The van der Waals surface area contributed by atoms with E-state index in [9.17, 15) is 10.1 Å². The lowest BCUT2D eigenvalue weighted by Gasteiger charge is -2.38. The van der Waals surface area contributed by atoms with E-state index in [1.807, 2.05) is 22.9 Å². The van der Waals surface area contributed by atoms with Gasteiger partial charge in [-0.3, -0.25) is 14.8 Å². The predicted molar refractivity (Wildman–Crippen MR) is 110 cm³/mol. The van der Waals surface area contributed by atoms with Crippen molar-refractivity contribution in [3.05, 3.63) is 48.8 Å². The van der Waals surface area contributed by atoms with Crippen LogP contribution >= 0.6 is 0 Å². The maximum absolute atomic E-state index is 12.5. The molecule has 0 bridgehead atoms. The van der Waals surface area contributed by atoms with Crippen LogP contribution in [0.2, 0.25) is 0 Å². The normalized spacial score (nSPS) is 19.2. The number of anilines is 1. The van der Waals surface area contributed by atoms with Crippen LogP contribution in [-0.2, 0) is 11.3 Å². The Kier molecular flexibility index (Phi) is 5.52. The van der Waals surface area contributed by atoms with Crippen molar-refractivity contribution in [1.29, 1.82) is 5.26 Å². The molecule has 7 heteroatoms. The summed E-state index contributed by atoms with van der Waals surface area (Å²) in [6.45, 7) is 4.64. The quantitative estimate of drug-likeness (QED) is 0.644. The largest absolute Gasteiger partial charge is 0.369 e. The topological polar surface area (TPSA) is 87.7 Å². The molecule has 0 saturated carbocycles. The molecule has 1 aliphatic rings. The molecular formula is C22H24N6O. The van der Waals surface area contributed by atoms with Crippen LogP contribution in [0.15, 0.2) is 43.2 Å². The number of Topliss-reactive ketones (excluding diaryl/α,β-unsaturated/α-hetero) is 1. The summed E-state index contributed by atoms with van der Waals surface area (Å²) in [6.07, 6.45) is 10.8. The van der Waals surface area contributed by atoms with E-state index in [0.717, 1.165) is 30.7 Å². The first-order valence-electron chi connectivity index (χ1n) is 10.00. The zero-order valence-electron chi connectivity index (χ0n) is 16.5. The second kappa shape index (κ2) is 8.39. The first-order valence-corrected chi connectivity index (χ1v) is 10.00. The molecule has 0 N–H and O–H groups in total. The summed E-state index contributed by atoms with van der Waals surface area (Å²) < 4.78 is 1.94. The highest BCUT2D eigenvalue weighted by Gasteiger charge is 2.28. The Morgan fingerprint density at radius 3 is 2.79 bits per heavy atom. The molecule has 1 aromatic carbocycles. The molecule has 29 heavy (non-hydrogen) atoms. The van der Waals surface area contributed by atoms with E-state index in [2.05, 4.69) is 32.8 Å². The minimum atomic E-state index is 0.294. The lowest BCUT2D eigenvalue weighted by atomic mass is 9.86. The minimum absolute atomic E-state index is 0.294. The van der Waals surface area contributed by atoms with Crippen molar-refractivity contribution in [3.63, 3.8) is 0 Å². The van der Waals surface area contributed by atoms with Gasteiger partial charge in [-0.15, -0.1) is 0 Å². The van der Waals surface area contributed by atoms with Crippen molar-refractivity contribution in [3.8, 4) is 6.07 Å². The number of benzene rings is 1. The molecule has 1 fully saturated rings.